The first-order valence-corrected chi connectivity index (χ1v) is 8.89. The number of anilines is 3. The van der Waals surface area contributed by atoms with Crippen molar-refractivity contribution in [2.24, 2.45) is 0 Å². The Hall–Kier alpha value is -2.10. The zero-order valence-electron chi connectivity index (χ0n) is 15.6. The van der Waals surface area contributed by atoms with Gasteiger partial charge in [0, 0.05) is 25.0 Å². The van der Waals surface area contributed by atoms with Crippen LogP contribution in [0.25, 0.3) is 0 Å². The summed E-state index contributed by atoms with van der Waals surface area (Å²) in [4.78, 5) is 11.4. The second-order valence-electron chi connectivity index (χ2n) is 7.18. The van der Waals surface area contributed by atoms with Crippen molar-refractivity contribution in [2.75, 3.05) is 23.3 Å². The van der Waals surface area contributed by atoms with Gasteiger partial charge in [0.15, 0.2) is 0 Å². The van der Waals surface area contributed by atoms with E-state index in [1.165, 1.54) is 5.56 Å². The van der Waals surface area contributed by atoms with Crippen LogP contribution < -0.4 is 10.2 Å². The molecule has 1 N–H and O–H groups in total. The summed E-state index contributed by atoms with van der Waals surface area (Å²) in [6.45, 7) is 13.1. The fourth-order valence-corrected chi connectivity index (χ4v) is 2.65. The molecule has 1 heterocycles. The van der Waals surface area contributed by atoms with E-state index >= 15 is 0 Å². The van der Waals surface area contributed by atoms with Crippen LogP contribution >= 0.6 is 0 Å². The third kappa shape index (κ3) is 4.95. The molecule has 0 amide bonds. The van der Waals surface area contributed by atoms with Gasteiger partial charge in [0.05, 0.1) is 0 Å². The summed E-state index contributed by atoms with van der Waals surface area (Å²) in [6.07, 6.45) is 4.05. The lowest BCUT2D eigenvalue weighted by Crippen LogP contribution is -2.26. The zero-order valence-corrected chi connectivity index (χ0v) is 15.6. The highest BCUT2D eigenvalue weighted by molar-refractivity contribution is 5.55. The number of hydrogen-bond donors (Lipinski definition) is 1. The van der Waals surface area contributed by atoms with Gasteiger partial charge in [0.1, 0.15) is 5.82 Å². The molecular weight excluding hydrogens is 296 g/mol. The summed E-state index contributed by atoms with van der Waals surface area (Å²) in [5.41, 5.74) is 2.49. The number of rotatable bonds is 7. The molecule has 1 aromatic heterocycles. The van der Waals surface area contributed by atoms with Gasteiger partial charge in [0.2, 0.25) is 5.95 Å². The molecule has 0 atom stereocenters. The van der Waals surface area contributed by atoms with Gasteiger partial charge in [-0.3, -0.25) is 0 Å². The van der Waals surface area contributed by atoms with Crippen molar-refractivity contribution < 1.29 is 0 Å². The Balaban J connectivity index is 2.14. The van der Waals surface area contributed by atoms with Gasteiger partial charge in [-0.05, 0) is 42.0 Å². The van der Waals surface area contributed by atoms with Gasteiger partial charge in [-0.25, -0.2) is 4.98 Å². The Labute approximate surface area is 146 Å². The summed E-state index contributed by atoms with van der Waals surface area (Å²) < 4.78 is 0. The van der Waals surface area contributed by atoms with Crippen molar-refractivity contribution in [1.29, 1.82) is 0 Å². The predicted octanol–water partition coefficient (Wildman–Crippen LogP) is 5.14. The smallest absolute Gasteiger partial charge is 0.229 e. The molecule has 4 heteroatoms. The first kappa shape index (κ1) is 18.2. The highest BCUT2D eigenvalue weighted by Crippen LogP contribution is 2.24. The lowest BCUT2D eigenvalue weighted by molar-refractivity contribution is 0.590. The van der Waals surface area contributed by atoms with E-state index < -0.39 is 0 Å². The van der Waals surface area contributed by atoms with Gasteiger partial charge in [0.25, 0.3) is 0 Å². The number of nitrogens with one attached hydrogen (secondary N) is 1. The summed E-state index contributed by atoms with van der Waals surface area (Å²) in [5, 5.41) is 3.31. The van der Waals surface area contributed by atoms with E-state index in [0.29, 0.717) is 5.95 Å². The van der Waals surface area contributed by atoms with Crippen molar-refractivity contribution in [3.8, 4) is 0 Å². The first-order chi connectivity index (χ1) is 11.4. The number of benzene rings is 1. The van der Waals surface area contributed by atoms with Gasteiger partial charge in [-0.1, -0.05) is 46.8 Å². The molecule has 1 aromatic carbocycles. The average Bonchev–Trinajstić information content (AvgIpc) is 2.54. The molecule has 0 bridgehead atoms. The highest BCUT2D eigenvalue weighted by Gasteiger charge is 2.13. The predicted molar refractivity (Wildman–Crippen MR) is 103 cm³/mol. The molecule has 0 fully saturated rings. The molecule has 0 unspecified atom stereocenters. The van der Waals surface area contributed by atoms with Crippen LogP contribution in [0.15, 0.2) is 36.5 Å². The molecular formula is C20H30N4. The molecule has 4 nitrogen and oxygen atoms in total. The molecule has 2 aromatic rings. The SMILES string of the molecule is CCCN(CCC)c1ccnc(Nc2ccc(C(C)(C)C)cc2)n1. The van der Waals surface area contributed by atoms with Crippen molar-refractivity contribution in [2.45, 2.75) is 52.9 Å². The minimum absolute atomic E-state index is 0.162. The van der Waals surface area contributed by atoms with E-state index in [1.807, 2.05) is 12.3 Å². The van der Waals surface area contributed by atoms with Crippen LogP contribution in [0, 0.1) is 0 Å². The van der Waals surface area contributed by atoms with Gasteiger partial charge >= 0.3 is 0 Å². The van der Waals surface area contributed by atoms with E-state index in [1.54, 1.807) is 0 Å². The maximum atomic E-state index is 4.68. The van der Waals surface area contributed by atoms with Gasteiger partial charge in [-0.2, -0.15) is 4.98 Å². The number of nitrogens with zero attached hydrogens (tertiary/aromatic N) is 3. The molecule has 0 spiro atoms. The van der Waals surface area contributed by atoms with Crippen molar-refractivity contribution >= 4 is 17.5 Å². The average molecular weight is 326 g/mol. The maximum absolute atomic E-state index is 4.68. The van der Waals surface area contributed by atoms with Gasteiger partial charge in [-0.15, -0.1) is 0 Å². The number of hydrogen-bond acceptors (Lipinski definition) is 4. The maximum Gasteiger partial charge on any atom is 0.229 e. The van der Waals surface area contributed by atoms with Crippen LogP contribution in [0.2, 0.25) is 0 Å². The second-order valence-corrected chi connectivity index (χ2v) is 7.18. The molecule has 0 saturated heterocycles. The second kappa shape index (κ2) is 8.13. The van der Waals surface area contributed by atoms with E-state index in [4.69, 9.17) is 0 Å². The normalized spacial score (nSPS) is 11.4. The standard InChI is InChI=1S/C20H30N4/c1-6-14-24(15-7-2)18-12-13-21-19(23-18)22-17-10-8-16(9-11-17)20(3,4)5/h8-13H,6-7,14-15H2,1-5H3,(H,21,22,23). The molecule has 0 aliphatic heterocycles. The Bertz CT molecular complexity index is 623. The van der Waals surface area contributed by atoms with Crippen molar-refractivity contribution in [3.63, 3.8) is 0 Å². The Kier molecular flexibility index (Phi) is 6.18. The van der Waals surface area contributed by atoms with E-state index in [9.17, 15) is 0 Å². The molecule has 130 valence electrons. The van der Waals surface area contributed by atoms with E-state index in [2.05, 4.69) is 79.1 Å². The Morgan fingerprint density at radius 3 is 2.12 bits per heavy atom. The Morgan fingerprint density at radius 1 is 0.958 bits per heavy atom. The summed E-state index contributed by atoms with van der Waals surface area (Å²) in [7, 11) is 0. The monoisotopic (exact) mass is 326 g/mol. The molecule has 0 saturated carbocycles. The highest BCUT2D eigenvalue weighted by atomic mass is 15.2. The van der Waals surface area contributed by atoms with Crippen LogP contribution in [0.5, 0.6) is 0 Å². The fraction of sp³-hybridized carbons (Fsp3) is 0.500. The van der Waals surface area contributed by atoms with Gasteiger partial charge < -0.3 is 10.2 Å². The molecule has 0 aliphatic carbocycles. The first-order valence-electron chi connectivity index (χ1n) is 8.89. The molecule has 2 rings (SSSR count). The number of aromatic nitrogens is 2. The largest absolute Gasteiger partial charge is 0.356 e. The lowest BCUT2D eigenvalue weighted by atomic mass is 9.87. The quantitative estimate of drug-likeness (QED) is 0.764. The third-order valence-corrected chi connectivity index (χ3v) is 3.96. The van der Waals surface area contributed by atoms with Crippen LogP contribution in [0.1, 0.15) is 53.0 Å². The molecule has 0 aliphatic rings. The van der Waals surface area contributed by atoms with E-state index in [-0.39, 0.29) is 5.41 Å². The van der Waals surface area contributed by atoms with Crippen LogP contribution in [-0.4, -0.2) is 23.1 Å². The Morgan fingerprint density at radius 2 is 1.58 bits per heavy atom. The third-order valence-electron chi connectivity index (χ3n) is 3.96. The lowest BCUT2D eigenvalue weighted by Gasteiger charge is -2.22. The fourth-order valence-electron chi connectivity index (χ4n) is 2.65. The van der Waals surface area contributed by atoms with Crippen LogP contribution in [0.4, 0.5) is 17.5 Å². The molecule has 24 heavy (non-hydrogen) atoms. The summed E-state index contributed by atoms with van der Waals surface area (Å²) in [5.74, 6) is 1.63. The van der Waals surface area contributed by atoms with Crippen LogP contribution in [-0.2, 0) is 5.41 Å². The van der Waals surface area contributed by atoms with Crippen LogP contribution in [0.3, 0.4) is 0 Å². The molecule has 0 radical (unpaired) electrons. The van der Waals surface area contributed by atoms with Crippen molar-refractivity contribution in [3.05, 3.63) is 42.1 Å². The summed E-state index contributed by atoms with van der Waals surface area (Å²) >= 11 is 0. The minimum atomic E-state index is 0.162. The van der Waals surface area contributed by atoms with E-state index in [0.717, 1.165) is 37.4 Å². The zero-order chi connectivity index (χ0) is 17.6. The summed E-state index contributed by atoms with van der Waals surface area (Å²) in [6, 6.07) is 10.5. The topological polar surface area (TPSA) is 41.1 Å². The minimum Gasteiger partial charge on any atom is -0.356 e. The van der Waals surface area contributed by atoms with Crippen molar-refractivity contribution in [1.82, 2.24) is 9.97 Å².